The van der Waals surface area contributed by atoms with Gasteiger partial charge in [-0.2, -0.15) is 4.98 Å². The Bertz CT molecular complexity index is 1120. The van der Waals surface area contributed by atoms with E-state index in [-0.39, 0.29) is 11.9 Å². The van der Waals surface area contributed by atoms with Crippen molar-refractivity contribution in [3.05, 3.63) is 59.8 Å². The standard InChI is InChI=1S/C24H27N5O3/c1-3-17-20(22(25)28-24(26)27-17)16-10-11-19-18(14-16)29(12-7-13-31-2)23(30)21(32-19)15-8-5-4-6-9-15/h4-6,8-11,14,21H,3,7,12-13H2,1-2H3,(H4,25,26,27,28). The van der Waals surface area contributed by atoms with Gasteiger partial charge in [0.1, 0.15) is 11.6 Å². The summed E-state index contributed by atoms with van der Waals surface area (Å²) in [4.78, 5) is 23.7. The summed E-state index contributed by atoms with van der Waals surface area (Å²) in [5.41, 5.74) is 15.8. The van der Waals surface area contributed by atoms with Crippen LogP contribution in [0.2, 0.25) is 0 Å². The molecule has 4 N–H and O–H groups in total. The molecular weight excluding hydrogens is 406 g/mol. The van der Waals surface area contributed by atoms with Gasteiger partial charge in [0, 0.05) is 31.4 Å². The molecule has 166 valence electrons. The Hall–Kier alpha value is -3.65. The topological polar surface area (TPSA) is 117 Å². The van der Waals surface area contributed by atoms with E-state index in [1.54, 1.807) is 12.0 Å². The maximum atomic E-state index is 13.5. The zero-order valence-corrected chi connectivity index (χ0v) is 18.2. The summed E-state index contributed by atoms with van der Waals surface area (Å²) in [6.45, 7) is 3.04. The number of aromatic nitrogens is 2. The third-order valence-corrected chi connectivity index (χ3v) is 5.47. The summed E-state index contributed by atoms with van der Waals surface area (Å²) in [6.07, 6.45) is 0.640. The number of nitrogens with two attached hydrogens (primary N) is 2. The van der Waals surface area contributed by atoms with Crippen LogP contribution < -0.4 is 21.1 Å². The molecular formula is C24H27N5O3. The van der Waals surface area contributed by atoms with Crippen molar-refractivity contribution in [3.8, 4) is 16.9 Å². The van der Waals surface area contributed by atoms with Crippen LogP contribution in [0, 0.1) is 0 Å². The van der Waals surface area contributed by atoms with Crippen LogP contribution in [0.3, 0.4) is 0 Å². The number of amides is 1. The first-order valence-corrected chi connectivity index (χ1v) is 10.6. The Morgan fingerprint density at radius 3 is 2.62 bits per heavy atom. The predicted octanol–water partition coefficient (Wildman–Crippen LogP) is 3.37. The van der Waals surface area contributed by atoms with Gasteiger partial charge in [-0.15, -0.1) is 0 Å². The number of hydrogen-bond acceptors (Lipinski definition) is 7. The highest BCUT2D eigenvalue weighted by Gasteiger charge is 2.35. The van der Waals surface area contributed by atoms with E-state index < -0.39 is 6.10 Å². The second-order valence-corrected chi connectivity index (χ2v) is 7.57. The number of ether oxygens (including phenoxy) is 2. The van der Waals surface area contributed by atoms with Gasteiger partial charge >= 0.3 is 0 Å². The molecule has 1 amide bonds. The number of nitrogen functional groups attached to an aromatic ring is 2. The molecule has 0 bridgehead atoms. The van der Waals surface area contributed by atoms with Crippen LogP contribution in [0.5, 0.6) is 5.75 Å². The van der Waals surface area contributed by atoms with E-state index in [0.717, 1.165) is 22.4 Å². The van der Waals surface area contributed by atoms with E-state index in [9.17, 15) is 4.79 Å². The summed E-state index contributed by atoms with van der Waals surface area (Å²) >= 11 is 0. The number of rotatable bonds is 7. The minimum absolute atomic E-state index is 0.116. The highest BCUT2D eigenvalue weighted by molar-refractivity contribution is 6.01. The fourth-order valence-electron chi connectivity index (χ4n) is 3.97. The third-order valence-electron chi connectivity index (χ3n) is 5.47. The summed E-state index contributed by atoms with van der Waals surface area (Å²) in [5, 5.41) is 0. The Balaban J connectivity index is 1.79. The van der Waals surface area contributed by atoms with Crippen LogP contribution >= 0.6 is 0 Å². The molecule has 0 radical (unpaired) electrons. The molecule has 4 rings (SSSR count). The first kappa shape index (κ1) is 21.6. The Labute approximate surface area is 187 Å². The number of methoxy groups -OCH3 is 1. The van der Waals surface area contributed by atoms with E-state index in [2.05, 4.69) is 9.97 Å². The Kier molecular flexibility index (Phi) is 6.23. The van der Waals surface area contributed by atoms with Crippen molar-refractivity contribution in [2.75, 3.05) is 36.6 Å². The molecule has 1 atom stereocenters. The van der Waals surface area contributed by atoms with Gasteiger partial charge in [-0.1, -0.05) is 43.3 Å². The molecule has 1 aliphatic heterocycles. The normalized spacial score (nSPS) is 15.4. The fourth-order valence-corrected chi connectivity index (χ4v) is 3.97. The Morgan fingerprint density at radius 1 is 1.12 bits per heavy atom. The van der Waals surface area contributed by atoms with Crippen molar-refractivity contribution in [2.24, 2.45) is 0 Å². The first-order chi connectivity index (χ1) is 15.5. The quantitative estimate of drug-likeness (QED) is 0.549. The minimum atomic E-state index is -0.701. The first-order valence-electron chi connectivity index (χ1n) is 10.6. The summed E-state index contributed by atoms with van der Waals surface area (Å²) in [6, 6.07) is 15.2. The number of nitrogens with zero attached hydrogens (tertiary/aromatic N) is 3. The van der Waals surface area contributed by atoms with Gasteiger partial charge in [0.25, 0.3) is 5.91 Å². The fraction of sp³-hybridized carbons (Fsp3) is 0.292. The maximum absolute atomic E-state index is 13.5. The number of carbonyl (C=O) groups is 1. The van der Waals surface area contributed by atoms with Crippen molar-refractivity contribution in [3.63, 3.8) is 0 Å². The van der Waals surface area contributed by atoms with Gasteiger partial charge in [-0.25, -0.2) is 4.98 Å². The van der Waals surface area contributed by atoms with E-state index in [0.29, 0.717) is 43.2 Å². The highest BCUT2D eigenvalue weighted by Crippen LogP contribution is 2.42. The molecule has 0 saturated carbocycles. The SMILES string of the molecule is CCc1nc(N)nc(N)c1-c1ccc2c(c1)N(CCCOC)C(=O)C(c1ccccc1)O2. The van der Waals surface area contributed by atoms with Crippen molar-refractivity contribution < 1.29 is 14.3 Å². The average molecular weight is 434 g/mol. The zero-order chi connectivity index (χ0) is 22.7. The predicted molar refractivity (Wildman–Crippen MR) is 124 cm³/mol. The second-order valence-electron chi connectivity index (χ2n) is 7.57. The van der Waals surface area contributed by atoms with Gasteiger partial charge < -0.3 is 25.8 Å². The molecule has 3 aromatic rings. The molecule has 2 heterocycles. The van der Waals surface area contributed by atoms with E-state index in [1.807, 2.05) is 55.5 Å². The number of fused-ring (bicyclic) bond motifs is 1. The van der Waals surface area contributed by atoms with E-state index in [1.165, 1.54) is 0 Å². The van der Waals surface area contributed by atoms with Gasteiger partial charge in [0.15, 0.2) is 0 Å². The zero-order valence-electron chi connectivity index (χ0n) is 18.2. The van der Waals surface area contributed by atoms with Gasteiger partial charge in [0.2, 0.25) is 12.1 Å². The van der Waals surface area contributed by atoms with Crippen LogP contribution in [0.25, 0.3) is 11.1 Å². The third kappa shape index (κ3) is 4.09. The molecule has 2 aromatic carbocycles. The summed E-state index contributed by atoms with van der Waals surface area (Å²) in [5.74, 6) is 0.971. The number of benzene rings is 2. The molecule has 0 fully saturated rings. The molecule has 1 aromatic heterocycles. The average Bonchev–Trinajstić information content (AvgIpc) is 2.80. The number of carbonyl (C=O) groups excluding carboxylic acids is 1. The summed E-state index contributed by atoms with van der Waals surface area (Å²) in [7, 11) is 1.65. The second kappa shape index (κ2) is 9.23. The lowest BCUT2D eigenvalue weighted by molar-refractivity contribution is -0.126. The van der Waals surface area contributed by atoms with Crippen LogP contribution in [0.4, 0.5) is 17.5 Å². The van der Waals surface area contributed by atoms with Crippen LogP contribution in [0.15, 0.2) is 48.5 Å². The van der Waals surface area contributed by atoms with Crippen molar-refractivity contribution in [1.29, 1.82) is 0 Å². The molecule has 0 saturated heterocycles. The number of hydrogen-bond donors (Lipinski definition) is 2. The molecule has 32 heavy (non-hydrogen) atoms. The monoisotopic (exact) mass is 433 g/mol. The van der Waals surface area contributed by atoms with Gasteiger partial charge in [-0.05, 0) is 30.5 Å². The molecule has 8 heteroatoms. The molecule has 1 unspecified atom stereocenters. The largest absolute Gasteiger partial charge is 0.474 e. The lowest BCUT2D eigenvalue weighted by Gasteiger charge is -2.35. The molecule has 0 spiro atoms. The van der Waals surface area contributed by atoms with Gasteiger partial charge in [-0.3, -0.25) is 4.79 Å². The lowest BCUT2D eigenvalue weighted by Crippen LogP contribution is -2.42. The van der Waals surface area contributed by atoms with Crippen LogP contribution in [0.1, 0.15) is 30.7 Å². The minimum Gasteiger partial charge on any atom is -0.474 e. The smallest absolute Gasteiger partial charge is 0.272 e. The number of aryl methyl sites for hydroxylation is 1. The van der Waals surface area contributed by atoms with E-state index in [4.69, 9.17) is 20.9 Å². The highest BCUT2D eigenvalue weighted by atomic mass is 16.5. The van der Waals surface area contributed by atoms with Crippen LogP contribution in [-0.2, 0) is 16.0 Å². The lowest BCUT2D eigenvalue weighted by atomic mass is 9.99. The van der Waals surface area contributed by atoms with Crippen molar-refractivity contribution >= 4 is 23.4 Å². The van der Waals surface area contributed by atoms with Crippen molar-refractivity contribution in [2.45, 2.75) is 25.9 Å². The number of anilines is 3. The van der Waals surface area contributed by atoms with E-state index >= 15 is 0 Å². The Morgan fingerprint density at radius 2 is 1.91 bits per heavy atom. The van der Waals surface area contributed by atoms with Gasteiger partial charge in [0.05, 0.1) is 11.4 Å². The molecule has 8 nitrogen and oxygen atoms in total. The van der Waals surface area contributed by atoms with Crippen molar-refractivity contribution in [1.82, 2.24) is 9.97 Å². The molecule has 0 aliphatic carbocycles. The summed E-state index contributed by atoms with van der Waals surface area (Å²) < 4.78 is 11.4. The van der Waals surface area contributed by atoms with Crippen LogP contribution in [-0.4, -0.2) is 36.1 Å². The molecule has 1 aliphatic rings. The maximum Gasteiger partial charge on any atom is 0.272 e.